The van der Waals surface area contributed by atoms with Crippen LogP contribution in [0.15, 0.2) is 54.6 Å². The first-order valence-corrected chi connectivity index (χ1v) is 8.68. The molecule has 7 heteroatoms. The molecule has 3 rings (SSSR count). The van der Waals surface area contributed by atoms with Gasteiger partial charge >= 0.3 is 11.8 Å². The molecule has 27 heavy (non-hydrogen) atoms. The normalized spacial score (nSPS) is 16.0. The van der Waals surface area contributed by atoms with E-state index < -0.39 is 17.9 Å². The molecule has 0 saturated heterocycles. The molecule has 1 aliphatic heterocycles. The Bertz CT molecular complexity index is 838. The molecule has 1 aliphatic rings. The predicted octanol–water partition coefficient (Wildman–Crippen LogP) is 0.886. The molecule has 1 heterocycles. The van der Waals surface area contributed by atoms with E-state index in [0.29, 0.717) is 24.4 Å². The van der Waals surface area contributed by atoms with Gasteiger partial charge in [-0.25, -0.2) is 0 Å². The first-order chi connectivity index (χ1) is 13.1. The second kappa shape index (κ2) is 8.35. The summed E-state index contributed by atoms with van der Waals surface area (Å²) in [5, 5.41) is 5.02. The molecule has 0 saturated carbocycles. The highest BCUT2D eigenvalue weighted by Gasteiger charge is 2.31. The number of carbonyl (C=O) groups is 3. The number of hydrogen-bond donors (Lipinski definition) is 2. The Kier molecular flexibility index (Phi) is 5.71. The van der Waals surface area contributed by atoms with Crippen LogP contribution in [0.25, 0.3) is 0 Å². The number of nitrogens with one attached hydrogen (secondary N) is 2. The molecule has 0 spiro atoms. The largest absolute Gasteiger partial charge is 0.489 e. The number of para-hydroxylation sites is 2. The summed E-state index contributed by atoms with van der Waals surface area (Å²) in [6.07, 6.45) is 0.614. The lowest BCUT2D eigenvalue weighted by Crippen LogP contribution is -2.53. The summed E-state index contributed by atoms with van der Waals surface area (Å²) in [6.45, 7) is 0.292. The smallest absolute Gasteiger partial charge is 0.310 e. The van der Waals surface area contributed by atoms with E-state index in [4.69, 9.17) is 4.74 Å². The Morgan fingerprint density at radius 2 is 1.78 bits per heavy atom. The van der Waals surface area contributed by atoms with E-state index in [1.807, 2.05) is 30.3 Å². The maximum atomic E-state index is 12.6. The van der Waals surface area contributed by atoms with Crippen LogP contribution in [0.1, 0.15) is 5.56 Å². The fourth-order valence-electron chi connectivity index (χ4n) is 2.83. The fraction of sp³-hybridized carbons (Fsp3) is 0.250. The predicted molar refractivity (Wildman–Crippen MR) is 100 cm³/mol. The van der Waals surface area contributed by atoms with Gasteiger partial charge in [-0.05, 0) is 24.1 Å². The van der Waals surface area contributed by atoms with Crippen LogP contribution in [0.5, 0.6) is 5.75 Å². The van der Waals surface area contributed by atoms with Crippen molar-refractivity contribution in [3.63, 3.8) is 0 Å². The number of fused-ring (bicyclic) bond motifs is 1. The van der Waals surface area contributed by atoms with E-state index in [1.165, 1.54) is 4.90 Å². The number of amides is 3. The summed E-state index contributed by atoms with van der Waals surface area (Å²) in [6, 6.07) is 15.8. The molecule has 7 nitrogen and oxygen atoms in total. The highest BCUT2D eigenvalue weighted by Crippen LogP contribution is 2.29. The third-order valence-corrected chi connectivity index (χ3v) is 4.31. The minimum atomic E-state index is -0.935. The van der Waals surface area contributed by atoms with Crippen LogP contribution in [0.2, 0.25) is 0 Å². The number of likely N-dealkylation sites (N-methyl/N-ethyl adjacent to an activating group) is 1. The second-order valence-electron chi connectivity index (χ2n) is 6.19. The van der Waals surface area contributed by atoms with Crippen molar-refractivity contribution in [1.82, 2.24) is 10.6 Å². The monoisotopic (exact) mass is 367 g/mol. The summed E-state index contributed by atoms with van der Waals surface area (Å²) in [4.78, 5) is 38.1. The minimum Gasteiger partial charge on any atom is -0.489 e. The maximum absolute atomic E-state index is 12.6. The average molecular weight is 367 g/mol. The van der Waals surface area contributed by atoms with Crippen molar-refractivity contribution in [2.24, 2.45) is 0 Å². The Morgan fingerprint density at radius 3 is 2.56 bits per heavy atom. The third kappa shape index (κ3) is 4.44. The zero-order valence-corrected chi connectivity index (χ0v) is 15.0. The molecule has 1 atom stereocenters. The SMILES string of the molecule is CN1C(=O)[C@@H](NC(=O)C(=O)NCCc2ccccc2)COc2ccccc21. The Morgan fingerprint density at radius 1 is 1.07 bits per heavy atom. The topological polar surface area (TPSA) is 87.7 Å². The van der Waals surface area contributed by atoms with Crippen LogP contribution >= 0.6 is 0 Å². The van der Waals surface area contributed by atoms with Gasteiger partial charge < -0.3 is 20.3 Å². The van der Waals surface area contributed by atoms with Gasteiger partial charge in [0.1, 0.15) is 18.4 Å². The molecule has 2 N–H and O–H groups in total. The Balaban J connectivity index is 1.54. The van der Waals surface area contributed by atoms with Crippen LogP contribution < -0.4 is 20.3 Å². The van der Waals surface area contributed by atoms with Gasteiger partial charge in [-0.3, -0.25) is 14.4 Å². The molecule has 0 aromatic heterocycles. The molecule has 3 amide bonds. The van der Waals surface area contributed by atoms with E-state index >= 15 is 0 Å². The van der Waals surface area contributed by atoms with E-state index in [9.17, 15) is 14.4 Å². The minimum absolute atomic E-state index is 0.0385. The molecular weight excluding hydrogens is 346 g/mol. The number of carbonyl (C=O) groups excluding carboxylic acids is 3. The van der Waals surface area contributed by atoms with Gasteiger partial charge in [0.05, 0.1) is 5.69 Å². The zero-order chi connectivity index (χ0) is 19.2. The van der Waals surface area contributed by atoms with Crippen LogP contribution in [-0.4, -0.2) is 44.0 Å². The third-order valence-electron chi connectivity index (χ3n) is 4.31. The van der Waals surface area contributed by atoms with Crippen molar-refractivity contribution < 1.29 is 19.1 Å². The van der Waals surface area contributed by atoms with Crippen LogP contribution in [0, 0.1) is 0 Å². The van der Waals surface area contributed by atoms with Gasteiger partial charge in [-0.1, -0.05) is 42.5 Å². The molecule has 0 fully saturated rings. The summed E-state index contributed by atoms with van der Waals surface area (Å²) < 4.78 is 5.61. The molecule has 2 aromatic carbocycles. The van der Waals surface area contributed by atoms with E-state index in [1.54, 1.807) is 31.3 Å². The quantitative estimate of drug-likeness (QED) is 0.786. The molecule has 0 radical (unpaired) electrons. The lowest BCUT2D eigenvalue weighted by Gasteiger charge is -2.20. The first-order valence-electron chi connectivity index (χ1n) is 8.68. The number of ether oxygens (including phenoxy) is 1. The highest BCUT2D eigenvalue weighted by molar-refractivity contribution is 6.35. The van der Waals surface area contributed by atoms with Crippen molar-refractivity contribution in [3.05, 3.63) is 60.2 Å². The van der Waals surface area contributed by atoms with Gasteiger partial charge in [-0.15, -0.1) is 0 Å². The fourth-order valence-corrected chi connectivity index (χ4v) is 2.83. The lowest BCUT2D eigenvalue weighted by atomic mass is 10.1. The zero-order valence-electron chi connectivity index (χ0n) is 15.0. The number of nitrogens with zero attached hydrogens (tertiary/aromatic N) is 1. The van der Waals surface area contributed by atoms with Crippen molar-refractivity contribution in [2.75, 3.05) is 25.1 Å². The van der Waals surface area contributed by atoms with Crippen molar-refractivity contribution >= 4 is 23.4 Å². The Hall–Kier alpha value is -3.35. The van der Waals surface area contributed by atoms with Crippen molar-refractivity contribution in [2.45, 2.75) is 12.5 Å². The van der Waals surface area contributed by atoms with E-state index in [2.05, 4.69) is 10.6 Å². The van der Waals surface area contributed by atoms with Crippen molar-refractivity contribution in [3.8, 4) is 5.75 Å². The number of rotatable bonds is 4. The van der Waals surface area contributed by atoms with Gasteiger partial charge in [-0.2, -0.15) is 0 Å². The summed E-state index contributed by atoms with van der Waals surface area (Å²) in [5.41, 5.74) is 1.68. The van der Waals surface area contributed by atoms with Gasteiger partial charge in [0.15, 0.2) is 0 Å². The molecule has 0 unspecified atom stereocenters. The van der Waals surface area contributed by atoms with Gasteiger partial charge in [0, 0.05) is 13.6 Å². The average Bonchev–Trinajstić information content (AvgIpc) is 2.81. The summed E-state index contributed by atoms with van der Waals surface area (Å²) >= 11 is 0. The van der Waals surface area contributed by atoms with Crippen LogP contribution in [0.4, 0.5) is 5.69 Å². The molecule has 140 valence electrons. The Labute approximate surface area is 157 Å². The lowest BCUT2D eigenvalue weighted by molar-refractivity contribution is -0.140. The molecule has 2 aromatic rings. The maximum Gasteiger partial charge on any atom is 0.310 e. The van der Waals surface area contributed by atoms with Gasteiger partial charge in [0.25, 0.3) is 5.91 Å². The molecule has 0 aliphatic carbocycles. The summed E-state index contributed by atoms with van der Waals surface area (Å²) in [7, 11) is 1.61. The van der Waals surface area contributed by atoms with Gasteiger partial charge in [0.2, 0.25) is 0 Å². The van der Waals surface area contributed by atoms with E-state index in [0.717, 1.165) is 5.56 Å². The van der Waals surface area contributed by atoms with Crippen molar-refractivity contribution in [1.29, 1.82) is 0 Å². The standard InChI is InChI=1S/C20H21N3O4/c1-23-16-9-5-6-10-17(16)27-13-15(20(23)26)22-19(25)18(24)21-12-11-14-7-3-2-4-8-14/h2-10,15H,11-13H2,1H3,(H,21,24)(H,22,25)/t15-/m0/s1. The second-order valence-corrected chi connectivity index (χ2v) is 6.19. The van der Waals surface area contributed by atoms with Crippen LogP contribution in [-0.2, 0) is 20.8 Å². The highest BCUT2D eigenvalue weighted by atomic mass is 16.5. The number of benzene rings is 2. The first kappa shape index (κ1) is 18.4. The molecular formula is C20H21N3O4. The number of anilines is 1. The van der Waals surface area contributed by atoms with Crippen LogP contribution in [0.3, 0.4) is 0 Å². The number of hydrogen-bond acceptors (Lipinski definition) is 4. The molecule has 0 bridgehead atoms. The van der Waals surface area contributed by atoms with E-state index in [-0.39, 0.29) is 12.5 Å². The summed E-state index contributed by atoms with van der Waals surface area (Å²) in [5.74, 6) is -1.42.